The number of benzene rings is 1. The molecule has 0 aliphatic carbocycles. The number of methoxy groups -OCH3 is 1. The topological polar surface area (TPSA) is 59.9 Å². The van der Waals surface area contributed by atoms with Gasteiger partial charge in [0.15, 0.2) is 4.77 Å². The van der Waals surface area contributed by atoms with Gasteiger partial charge in [-0.15, -0.1) is 0 Å². The van der Waals surface area contributed by atoms with Crippen molar-refractivity contribution in [3.05, 3.63) is 56.6 Å². The summed E-state index contributed by atoms with van der Waals surface area (Å²) < 4.78 is 34.4. The summed E-state index contributed by atoms with van der Waals surface area (Å²) in [6, 6.07) is 8.85. The molecule has 0 radical (unpaired) electrons. The van der Waals surface area contributed by atoms with Crippen LogP contribution in [-0.2, 0) is 17.7 Å². The number of halogens is 2. The molecule has 0 fully saturated rings. The lowest BCUT2D eigenvalue weighted by molar-refractivity contribution is 0.153. The molecular formula is C20H21F2N3O2S. The molecule has 0 aliphatic rings. The summed E-state index contributed by atoms with van der Waals surface area (Å²) in [6.07, 6.45) is -1.33. The monoisotopic (exact) mass is 405 g/mol. The quantitative estimate of drug-likeness (QED) is 0.459. The van der Waals surface area contributed by atoms with E-state index < -0.39 is 12.0 Å². The summed E-state index contributed by atoms with van der Waals surface area (Å²) in [6.45, 7) is 2.91. The molecule has 148 valence electrons. The zero-order valence-electron chi connectivity index (χ0n) is 15.7. The highest BCUT2D eigenvalue weighted by molar-refractivity contribution is 7.71. The fourth-order valence-corrected chi connectivity index (χ4v) is 3.38. The van der Waals surface area contributed by atoms with E-state index in [0.29, 0.717) is 30.8 Å². The van der Waals surface area contributed by atoms with Gasteiger partial charge in [-0.25, -0.2) is 13.8 Å². The van der Waals surface area contributed by atoms with E-state index in [1.165, 1.54) is 6.07 Å². The van der Waals surface area contributed by atoms with Crippen LogP contribution in [0.1, 0.15) is 30.9 Å². The van der Waals surface area contributed by atoms with Crippen molar-refractivity contribution in [3.63, 3.8) is 0 Å². The maximum Gasteiger partial charge on any atom is 0.264 e. The molecule has 0 amide bonds. The first kappa shape index (κ1) is 20.3. The number of rotatable bonds is 7. The third kappa shape index (κ3) is 4.02. The van der Waals surface area contributed by atoms with Crippen LogP contribution in [0.2, 0.25) is 0 Å². The van der Waals surface area contributed by atoms with Crippen molar-refractivity contribution in [3.8, 4) is 11.3 Å². The van der Waals surface area contributed by atoms with Crippen molar-refractivity contribution >= 4 is 23.3 Å². The Morgan fingerprint density at radius 1 is 1.29 bits per heavy atom. The number of fused-ring (bicyclic) bond motifs is 1. The highest BCUT2D eigenvalue weighted by Crippen LogP contribution is 2.29. The SMILES string of the molecule is CCc1ccc(-c2cc(C(F)F)c3c(=O)[nH]c(=S)n(CCCOC)c3n2)cc1. The molecule has 0 spiro atoms. The Balaban J connectivity index is 2.27. The second kappa shape index (κ2) is 8.70. The zero-order valence-corrected chi connectivity index (χ0v) is 16.5. The molecule has 5 nitrogen and oxygen atoms in total. The second-order valence-electron chi connectivity index (χ2n) is 6.40. The van der Waals surface area contributed by atoms with Gasteiger partial charge in [0.05, 0.1) is 11.1 Å². The number of nitrogens with zero attached hydrogens (tertiary/aromatic N) is 2. The van der Waals surface area contributed by atoms with Crippen LogP contribution in [0.3, 0.4) is 0 Å². The lowest BCUT2D eigenvalue weighted by Gasteiger charge is -2.14. The van der Waals surface area contributed by atoms with Crippen molar-refractivity contribution in [2.75, 3.05) is 13.7 Å². The summed E-state index contributed by atoms with van der Waals surface area (Å²) in [5, 5.41) is -0.130. The number of ether oxygens (including phenoxy) is 1. The van der Waals surface area contributed by atoms with Crippen LogP contribution in [0.5, 0.6) is 0 Å². The molecule has 8 heteroatoms. The number of aromatic amines is 1. The van der Waals surface area contributed by atoms with Gasteiger partial charge in [-0.3, -0.25) is 9.78 Å². The van der Waals surface area contributed by atoms with Gasteiger partial charge in [0.1, 0.15) is 5.65 Å². The van der Waals surface area contributed by atoms with Gasteiger partial charge in [-0.05, 0) is 36.7 Å². The molecule has 2 heterocycles. The largest absolute Gasteiger partial charge is 0.385 e. The van der Waals surface area contributed by atoms with Crippen molar-refractivity contribution < 1.29 is 13.5 Å². The van der Waals surface area contributed by atoms with E-state index >= 15 is 0 Å². The molecular weight excluding hydrogens is 384 g/mol. The average Bonchev–Trinajstić information content (AvgIpc) is 2.69. The minimum absolute atomic E-state index is 0.130. The van der Waals surface area contributed by atoms with Crippen LogP contribution >= 0.6 is 12.2 Å². The van der Waals surface area contributed by atoms with E-state index in [9.17, 15) is 13.6 Å². The Bertz CT molecular complexity index is 1090. The average molecular weight is 405 g/mol. The first-order valence-electron chi connectivity index (χ1n) is 9.00. The Hall–Kier alpha value is -2.45. The summed E-state index contributed by atoms with van der Waals surface area (Å²) in [4.78, 5) is 19.4. The molecule has 0 atom stereocenters. The van der Waals surface area contributed by atoms with Gasteiger partial charge < -0.3 is 9.30 Å². The highest BCUT2D eigenvalue weighted by Gasteiger charge is 2.20. The number of aryl methyl sites for hydroxylation is 2. The summed E-state index contributed by atoms with van der Waals surface area (Å²) >= 11 is 5.26. The van der Waals surface area contributed by atoms with Crippen LogP contribution in [-0.4, -0.2) is 28.3 Å². The van der Waals surface area contributed by atoms with Crippen molar-refractivity contribution in [2.24, 2.45) is 0 Å². The number of alkyl halides is 2. The van der Waals surface area contributed by atoms with E-state index in [1.807, 2.05) is 31.2 Å². The predicted molar refractivity (Wildman–Crippen MR) is 107 cm³/mol. The number of hydrogen-bond donors (Lipinski definition) is 1. The molecule has 1 aromatic carbocycles. The van der Waals surface area contributed by atoms with Gasteiger partial charge >= 0.3 is 0 Å². The maximum atomic E-state index is 13.8. The first-order valence-corrected chi connectivity index (χ1v) is 9.41. The summed E-state index contributed by atoms with van der Waals surface area (Å²) in [7, 11) is 1.58. The van der Waals surface area contributed by atoms with Crippen LogP contribution in [0.25, 0.3) is 22.3 Å². The van der Waals surface area contributed by atoms with Crippen LogP contribution in [0.4, 0.5) is 8.78 Å². The third-order valence-electron chi connectivity index (χ3n) is 4.60. The first-order chi connectivity index (χ1) is 13.5. The van der Waals surface area contributed by atoms with Crippen molar-refractivity contribution in [1.82, 2.24) is 14.5 Å². The number of nitrogens with one attached hydrogen (secondary N) is 1. The zero-order chi connectivity index (χ0) is 20.3. The predicted octanol–water partition coefficient (Wildman–Crippen LogP) is 4.66. The van der Waals surface area contributed by atoms with E-state index in [4.69, 9.17) is 17.0 Å². The Kier molecular flexibility index (Phi) is 6.31. The van der Waals surface area contributed by atoms with Crippen LogP contribution in [0, 0.1) is 4.77 Å². The van der Waals surface area contributed by atoms with Crippen LogP contribution < -0.4 is 5.56 Å². The lowest BCUT2D eigenvalue weighted by Crippen LogP contribution is -2.18. The highest BCUT2D eigenvalue weighted by atomic mass is 32.1. The van der Waals surface area contributed by atoms with E-state index in [2.05, 4.69) is 9.97 Å². The number of pyridine rings is 1. The molecule has 0 unspecified atom stereocenters. The van der Waals surface area contributed by atoms with E-state index in [-0.39, 0.29) is 21.4 Å². The minimum atomic E-state index is -2.82. The Morgan fingerprint density at radius 3 is 2.61 bits per heavy atom. The molecule has 2 aromatic heterocycles. The van der Waals surface area contributed by atoms with Gasteiger partial charge in [0, 0.05) is 31.4 Å². The molecule has 1 N–H and O–H groups in total. The number of hydrogen-bond acceptors (Lipinski definition) is 4. The second-order valence-corrected chi connectivity index (χ2v) is 6.79. The molecule has 3 rings (SSSR count). The van der Waals surface area contributed by atoms with Gasteiger partial charge in [0.25, 0.3) is 12.0 Å². The minimum Gasteiger partial charge on any atom is -0.385 e. The van der Waals surface area contributed by atoms with E-state index in [0.717, 1.165) is 12.0 Å². The Morgan fingerprint density at radius 2 is 2.00 bits per heavy atom. The van der Waals surface area contributed by atoms with Crippen LogP contribution in [0.15, 0.2) is 35.1 Å². The standard InChI is InChI=1S/C20H21F2N3O2S/c1-3-12-5-7-13(8-6-12)15-11-14(17(21)22)16-18(23-15)25(9-4-10-27-2)20(28)24-19(16)26/h5-8,11,17H,3-4,9-10H2,1-2H3,(H,24,26,28). The third-order valence-corrected chi connectivity index (χ3v) is 4.92. The van der Waals surface area contributed by atoms with Gasteiger partial charge in [-0.1, -0.05) is 31.2 Å². The molecule has 0 saturated carbocycles. The smallest absolute Gasteiger partial charge is 0.264 e. The molecule has 3 aromatic rings. The summed E-state index contributed by atoms with van der Waals surface area (Å²) in [5.74, 6) is 0. The Labute approximate surface area is 166 Å². The molecule has 0 saturated heterocycles. The fourth-order valence-electron chi connectivity index (χ4n) is 3.11. The van der Waals surface area contributed by atoms with Gasteiger partial charge in [-0.2, -0.15) is 0 Å². The molecule has 28 heavy (non-hydrogen) atoms. The van der Waals surface area contributed by atoms with Gasteiger partial charge in [0.2, 0.25) is 0 Å². The molecule has 0 bridgehead atoms. The molecule has 0 aliphatic heterocycles. The summed E-state index contributed by atoms with van der Waals surface area (Å²) in [5.41, 5.74) is 1.38. The van der Waals surface area contributed by atoms with E-state index in [1.54, 1.807) is 11.7 Å². The number of H-pyrrole nitrogens is 1. The van der Waals surface area contributed by atoms with Crippen molar-refractivity contribution in [1.29, 1.82) is 0 Å². The lowest BCUT2D eigenvalue weighted by atomic mass is 10.0. The maximum absolute atomic E-state index is 13.8. The normalized spacial score (nSPS) is 11.5. The number of aromatic nitrogens is 3. The fraction of sp³-hybridized carbons (Fsp3) is 0.350. The van der Waals surface area contributed by atoms with Crippen molar-refractivity contribution in [2.45, 2.75) is 32.7 Å².